The van der Waals surface area contributed by atoms with Crippen LogP contribution in [0.4, 0.5) is 5.82 Å². The summed E-state index contributed by atoms with van der Waals surface area (Å²) >= 11 is 0. The molecule has 0 aliphatic carbocycles. The van der Waals surface area contributed by atoms with Crippen LogP contribution in [0, 0.1) is 0 Å². The second-order valence-electron chi connectivity index (χ2n) is 4.25. The van der Waals surface area contributed by atoms with Crippen molar-refractivity contribution in [2.75, 3.05) is 33.1 Å². The third-order valence-electron chi connectivity index (χ3n) is 2.41. The van der Waals surface area contributed by atoms with Gasteiger partial charge >= 0.3 is 0 Å². The summed E-state index contributed by atoms with van der Waals surface area (Å²) in [6.45, 7) is 3.02. The molecule has 0 fully saturated rings. The summed E-state index contributed by atoms with van der Waals surface area (Å²) in [7, 11) is 5.51. The van der Waals surface area contributed by atoms with E-state index in [-0.39, 0.29) is 17.4 Å². The maximum Gasteiger partial charge on any atom is 0.295 e. The van der Waals surface area contributed by atoms with Gasteiger partial charge in [-0.1, -0.05) is 0 Å². The number of aromatic amines is 1. The molecule has 0 saturated heterocycles. The highest BCUT2D eigenvalue weighted by Crippen LogP contribution is 2.16. The Balaban J connectivity index is 2.68. The number of hydrogen-bond acceptors (Lipinski definition) is 5. The Morgan fingerprint density at radius 2 is 2.29 bits per heavy atom. The molecule has 1 unspecified atom stereocenters. The van der Waals surface area contributed by atoms with Crippen molar-refractivity contribution in [2.24, 2.45) is 0 Å². The van der Waals surface area contributed by atoms with Gasteiger partial charge in [-0.15, -0.1) is 0 Å². The number of methoxy groups -OCH3 is 1. The maximum atomic E-state index is 11.4. The lowest BCUT2D eigenvalue weighted by atomic mass is 10.2. The van der Waals surface area contributed by atoms with Crippen LogP contribution in [0.1, 0.15) is 13.3 Å². The quantitative estimate of drug-likeness (QED) is 0.759. The molecular weight excluding hydrogens is 220 g/mol. The van der Waals surface area contributed by atoms with Gasteiger partial charge in [-0.2, -0.15) is 0 Å². The van der Waals surface area contributed by atoms with Gasteiger partial charge in [-0.05, 0) is 34.0 Å². The Kier molecular flexibility index (Phi) is 4.96. The van der Waals surface area contributed by atoms with Crippen molar-refractivity contribution >= 4 is 5.82 Å². The fourth-order valence-corrected chi connectivity index (χ4v) is 1.44. The van der Waals surface area contributed by atoms with Gasteiger partial charge in [-0.3, -0.25) is 4.79 Å². The van der Waals surface area contributed by atoms with Gasteiger partial charge in [0.1, 0.15) is 0 Å². The van der Waals surface area contributed by atoms with Crippen molar-refractivity contribution in [3.05, 3.63) is 16.7 Å². The van der Waals surface area contributed by atoms with E-state index in [1.54, 1.807) is 0 Å². The number of ether oxygens (including phenoxy) is 1. The van der Waals surface area contributed by atoms with Crippen LogP contribution in [0.3, 0.4) is 0 Å². The summed E-state index contributed by atoms with van der Waals surface area (Å²) < 4.78 is 5.02. The Labute approximate surface area is 101 Å². The van der Waals surface area contributed by atoms with E-state index in [2.05, 4.69) is 20.2 Å². The van der Waals surface area contributed by atoms with E-state index in [0.717, 1.165) is 13.0 Å². The summed E-state index contributed by atoms with van der Waals surface area (Å²) in [5.41, 5.74) is -0.273. The highest BCUT2D eigenvalue weighted by molar-refractivity contribution is 5.48. The molecule has 1 aromatic rings. The zero-order valence-corrected chi connectivity index (χ0v) is 10.8. The standard InChI is InChI=1S/C11H20N4O2/c1-8(5-6-15(2)3)14-10-9(17-4)11(16)13-7-12-10/h7-8H,5-6H2,1-4H3,(H2,12,13,14,16). The van der Waals surface area contributed by atoms with Crippen LogP contribution in [-0.2, 0) is 0 Å². The number of anilines is 1. The number of nitrogens with zero attached hydrogens (tertiary/aromatic N) is 2. The highest BCUT2D eigenvalue weighted by Gasteiger charge is 2.11. The van der Waals surface area contributed by atoms with Crippen molar-refractivity contribution < 1.29 is 4.74 Å². The van der Waals surface area contributed by atoms with Crippen LogP contribution in [0.15, 0.2) is 11.1 Å². The minimum absolute atomic E-state index is 0.223. The highest BCUT2D eigenvalue weighted by atomic mass is 16.5. The van der Waals surface area contributed by atoms with Crippen LogP contribution >= 0.6 is 0 Å². The maximum absolute atomic E-state index is 11.4. The minimum Gasteiger partial charge on any atom is -0.489 e. The van der Waals surface area contributed by atoms with Gasteiger partial charge < -0.3 is 19.9 Å². The first-order chi connectivity index (χ1) is 8.04. The molecule has 1 heterocycles. The van der Waals surface area contributed by atoms with Crippen molar-refractivity contribution in [3.8, 4) is 5.75 Å². The third-order valence-corrected chi connectivity index (χ3v) is 2.41. The average molecular weight is 240 g/mol. The zero-order chi connectivity index (χ0) is 12.8. The van der Waals surface area contributed by atoms with E-state index in [4.69, 9.17) is 4.74 Å². The molecular formula is C11H20N4O2. The first kappa shape index (κ1) is 13.5. The predicted molar refractivity (Wildman–Crippen MR) is 67.7 cm³/mol. The molecule has 0 aliphatic rings. The zero-order valence-electron chi connectivity index (χ0n) is 10.8. The van der Waals surface area contributed by atoms with Gasteiger partial charge in [0.05, 0.1) is 13.4 Å². The summed E-state index contributed by atoms with van der Waals surface area (Å²) in [6.07, 6.45) is 2.33. The molecule has 17 heavy (non-hydrogen) atoms. The third kappa shape index (κ3) is 4.07. The summed E-state index contributed by atoms with van der Waals surface area (Å²) in [4.78, 5) is 20.1. The fourth-order valence-electron chi connectivity index (χ4n) is 1.44. The number of hydrogen-bond donors (Lipinski definition) is 2. The van der Waals surface area contributed by atoms with Crippen molar-refractivity contribution in [1.82, 2.24) is 14.9 Å². The Morgan fingerprint density at radius 1 is 1.59 bits per heavy atom. The Hall–Kier alpha value is -1.56. The second-order valence-corrected chi connectivity index (χ2v) is 4.25. The molecule has 6 heteroatoms. The van der Waals surface area contributed by atoms with Crippen LogP contribution in [0.5, 0.6) is 5.75 Å². The van der Waals surface area contributed by atoms with Crippen LogP contribution in [-0.4, -0.2) is 48.7 Å². The van der Waals surface area contributed by atoms with E-state index in [0.29, 0.717) is 5.82 Å². The van der Waals surface area contributed by atoms with E-state index >= 15 is 0 Å². The molecule has 96 valence electrons. The van der Waals surface area contributed by atoms with Crippen LogP contribution < -0.4 is 15.6 Å². The fraction of sp³-hybridized carbons (Fsp3) is 0.636. The monoisotopic (exact) mass is 240 g/mol. The van der Waals surface area contributed by atoms with Gasteiger partial charge in [0.25, 0.3) is 5.56 Å². The smallest absolute Gasteiger partial charge is 0.295 e. The summed E-state index contributed by atoms with van der Waals surface area (Å²) in [5.74, 6) is 0.715. The van der Waals surface area contributed by atoms with Gasteiger partial charge in [0, 0.05) is 6.04 Å². The lowest BCUT2D eigenvalue weighted by Crippen LogP contribution is -2.24. The molecule has 0 radical (unpaired) electrons. The van der Waals surface area contributed by atoms with E-state index < -0.39 is 0 Å². The SMILES string of the molecule is COc1c(NC(C)CCN(C)C)nc[nH]c1=O. The molecule has 1 rings (SSSR count). The lowest BCUT2D eigenvalue weighted by molar-refractivity contribution is 0.388. The molecule has 0 amide bonds. The van der Waals surface area contributed by atoms with E-state index in [1.165, 1.54) is 13.4 Å². The molecule has 2 N–H and O–H groups in total. The molecule has 0 aromatic carbocycles. The average Bonchev–Trinajstić information content (AvgIpc) is 2.27. The molecule has 1 atom stereocenters. The number of H-pyrrole nitrogens is 1. The van der Waals surface area contributed by atoms with E-state index in [1.807, 2.05) is 21.0 Å². The van der Waals surface area contributed by atoms with Crippen LogP contribution in [0.25, 0.3) is 0 Å². The number of aromatic nitrogens is 2. The molecule has 0 spiro atoms. The Bertz CT molecular complexity index is 403. The normalized spacial score (nSPS) is 12.5. The largest absolute Gasteiger partial charge is 0.489 e. The number of nitrogens with one attached hydrogen (secondary N) is 2. The summed E-state index contributed by atoms with van der Waals surface area (Å²) in [6, 6.07) is 0.223. The lowest BCUT2D eigenvalue weighted by Gasteiger charge is -2.17. The summed E-state index contributed by atoms with van der Waals surface area (Å²) in [5, 5.41) is 3.17. The minimum atomic E-state index is -0.273. The molecule has 6 nitrogen and oxygen atoms in total. The molecule has 0 bridgehead atoms. The molecule has 0 aliphatic heterocycles. The van der Waals surface area contributed by atoms with Gasteiger partial charge in [0.2, 0.25) is 5.75 Å². The van der Waals surface area contributed by atoms with Crippen molar-refractivity contribution in [2.45, 2.75) is 19.4 Å². The second kappa shape index (κ2) is 6.24. The Morgan fingerprint density at radius 3 is 2.88 bits per heavy atom. The predicted octanol–water partition coefficient (Wildman–Crippen LogP) is 0.531. The first-order valence-electron chi connectivity index (χ1n) is 5.57. The van der Waals surface area contributed by atoms with Crippen molar-refractivity contribution in [3.63, 3.8) is 0 Å². The van der Waals surface area contributed by atoms with Crippen molar-refractivity contribution in [1.29, 1.82) is 0 Å². The number of rotatable bonds is 6. The molecule has 1 aromatic heterocycles. The topological polar surface area (TPSA) is 70.2 Å². The van der Waals surface area contributed by atoms with Gasteiger partial charge in [-0.25, -0.2) is 4.98 Å². The molecule has 0 saturated carbocycles. The first-order valence-corrected chi connectivity index (χ1v) is 5.57. The van der Waals surface area contributed by atoms with E-state index in [9.17, 15) is 4.79 Å². The van der Waals surface area contributed by atoms with Gasteiger partial charge in [0.15, 0.2) is 5.82 Å². The van der Waals surface area contributed by atoms with Crippen LogP contribution in [0.2, 0.25) is 0 Å².